The Hall–Kier alpha value is -5.10. The van der Waals surface area contributed by atoms with Crippen molar-refractivity contribution in [1.29, 1.82) is 0 Å². The van der Waals surface area contributed by atoms with Crippen LogP contribution >= 0.6 is 0 Å². The molecule has 0 radical (unpaired) electrons. The van der Waals surface area contributed by atoms with E-state index in [4.69, 9.17) is 23.7 Å². The van der Waals surface area contributed by atoms with Crippen LogP contribution in [0.4, 0.5) is 15.3 Å². The number of nitrogens with zero attached hydrogens (tertiary/aromatic N) is 7. The number of hydrogen-bond acceptors (Lipinski definition) is 15. The lowest BCUT2D eigenvalue weighted by Gasteiger charge is -2.33. The maximum absolute atomic E-state index is 14.1. The minimum absolute atomic E-state index is 0.0888. The average molecular weight is 784 g/mol. The molecule has 0 bridgehead atoms. The third-order valence-electron chi connectivity index (χ3n) is 8.90. The highest BCUT2D eigenvalue weighted by Crippen LogP contribution is 2.32. The van der Waals surface area contributed by atoms with E-state index in [1.165, 1.54) is 41.2 Å². The number of nitroso groups, excluding NO2 is 1. The lowest BCUT2D eigenvalue weighted by Crippen LogP contribution is -2.46. The van der Waals surface area contributed by atoms with Crippen molar-refractivity contribution >= 4 is 35.5 Å². The second kappa shape index (κ2) is 18.2. The molecule has 306 valence electrons. The van der Waals surface area contributed by atoms with Crippen molar-refractivity contribution in [3.8, 4) is 0 Å². The summed E-state index contributed by atoms with van der Waals surface area (Å²) in [5, 5.41) is 11.4. The molecule has 0 aromatic carbocycles. The average Bonchev–Trinajstić information content (AvgIpc) is 3.74. The zero-order valence-corrected chi connectivity index (χ0v) is 33.7. The van der Waals surface area contributed by atoms with Crippen LogP contribution in [0.5, 0.6) is 0 Å². The molecule has 2 aliphatic heterocycles. The molecule has 2 aliphatic rings. The largest absolute Gasteiger partial charge is 0.508 e. The molecule has 5 atom stereocenters. The van der Waals surface area contributed by atoms with Crippen molar-refractivity contribution < 1.29 is 47.7 Å². The number of Topliss-reactive ketones (excluding diaryl/α,β-unsaturated/α-hetero) is 1. The number of carbonyl (C=O) groups excluding carboxylic acids is 5. The Balaban J connectivity index is 1.43. The van der Waals surface area contributed by atoms with E-state index in [2.05, 4.69) is 20.5 Å². The Morgan fingerprint density at radius 2 is 1.77 bits per heavy atom. The van der Waals surface area contributed by atoms with E-state index in [9.17, 15) is 28.9 Å². The van der Waals surface area contributed by atoms with E-state index in [1.807, 2.05) is 0 Å². The van der Waals surface area contributed by atoms with Gasteiger partial charge in [0.15, 0.2) is 5.78 Å². The Morgan fingerprint density at radius 3 is 2.39 bits per heavy atom. The zero-order valence-electron chi connectivity index (χ0n) is 33.7. The summed E-state index contributed by atoms with van der Waals surface area (Å²) in [7, 11) is 1.50. The highest BCUT2D eigenvalue weighted by atomic mass is 16.7. The van der Waals surface area contributed by atoms with Gasteiger partial charge in [-0.1, -0.05) is 19.1 Å². The molecule has 0 aliphatic carbocycles. The van der Waals surface area contributed by atoms with Crippen LogP contribution in [0.15, 0.2) is 41.5 Å². The number of pyridine rings is 1. The number of aromatic nitrogens is 4. The third-order valence-corrected chi connectivity index (χ3v) is 8.90. The van der Waals surface area contributed by atoms with Crippen LogP contribution in [0.25, 0.3) is 0 Å². The lowest BCUT2D eigenvalue weighted by molar-refractivity contribution is -0.151. The van der Waals surface area contributed by atoms with Crippen LogP contribution in [0.2, 0.25) is 0 Å². The van der Waals surface area contributed by atoms with E-state index >= 15 is 0 Å². The van der Waals surface area contributed by atoms with Crippen molar-refractivity contribution in [1.82, 2.24) is 29.8 Å². The number of imide groups is 1. The Labute approximate surface area is 326 Å². The van der Waals surface area contributed by atoms with Gasteiger partial charge in [0.25, 0.3) is 5.91 Å². The summed E-state index contributed by atoms with van der Waals surface area (Å²) in [6.45, 7) is 15.0. The third kappa shape index (κ3) is 11.5. The van der Waals surface area contributed by atoms with Crippen molar-refractivity contribution in [2.24, 2.45) is 17.0 Å². The van der Waals surface area contributed by atoms with E-state index < -0.39 is 65.7 Å². The second-order valence-electron chi connectivity index (χ2n) is 16.2. The van der Waals surface area contributed by atoms with Crippen molar-refractivity contribution in [2.45, 2.75) is 130 Å². The van der Waals surface area contributed by atoms with Gasteiger partial charge in [0.1, 0.15) is 47.8 Å². The molecular weight excluding hydrogens is 730 g/mol. The van der Waals surface area contributed by atoms with Crippen LogP contribution in [0.3, 0.4) is 0 Å². The van der Waals surface area contributed by atoms with Crippen LogP contribution < -0.4 is 0 Å². The van der Waals surface area contributed by atoms with Crippen LogP contribution in [0, 0.1) is 16.7 Å². The summed E-state index contributed by atoms with van der Waals surface area (Å²) >= 11 is 0. The van der Waals surface area contributed by atoms with E-state index in [-0.39, 0.29) is 42.7 Å². The summed E-state index contributed by atoms with van der Waals surface area (Å²) < 4.78 is 29.1. The molecule has 3 amide bonds. The van der Waals surface area contributed by atoms with Gasteiger partial charge >= 0.3 is 12.2 Å². The first-order valence-corrected chi connectivity index (χ1v) is 18.5. The fraction of sp³-hybridized carbons (Fsp3) is 0.632. The van der Waals surface area contributed by atoms with Gasteiger partial charge in [0, 0.05) is 37.7 Å². The quantitative estimate of drug-likeness (QED) is 0.130. The summed E-state index contributed by atoms with van der Waals surface area (Å²) in [6, 6.07) is 1.81. The molecule has 4 unspecified atom stereocenters. The number of ether oxygens (including phenoxy) is 5. The fourth-order valence-electron chi connectivity index (χ4n) is 6.32. The smallest absolute Gasteiger partial charge is 0.443 e. The van der Waals surface area contributed by atoms with Crippen molar-refractivity contribution in [3.63, 3.8) is 0 Å². The maximum Gasteiger partial charge on any atom is 0.508 e. The van der Waals surface area contributed by atoms with Crippen LogP contribution in [0.1, 0.15) is 99.0 Å². The van der Waals surface area contributed by atoms with Gasteiger partial charge in [-0.2, -0.15) is 0 Å². The number of hydrogen-bond donors (Lipinski definition) is 0. The molecule has 4 heterocycles. The number of rotatable bonds is 14. The Bertz CT molecular complexity index is 1800. The van der Waals surface area contributed by atoms with E-state index in [1.54, 1.807) is 68.5 Å². The van der Waals surface area contributed by atoms with E-state index in [0.717, 1.165) is 4.90 Å². The molecule has 18 heteroatoms. The highest BCUT2D eigenvalue weighted by Gasteiger charge is 2.45. The molecule has 1 fully saturated rings. The minimum atomic E-state index is -0.973. The number of allylic oxidation sites excluding steroid dienone is 1. The Morgan fingerprint density at radius 1 is 1.07 bits per heavy atom. The predicted octanol–water partition coefficient (Wildman–Crippen LogP) is 5.57. The number of ketones is 1. The van der Waals surface area contributed by atoms with Gasteiger partial charge in [0.2, 0.25) is 5.91 Å². The first kappa shape index (κ1) is 43.6. The number of methoxy groups -OCH3 is 1. The fourth-order valence-corrected chi connectivity index (χ4v) is 6.32. The molecule has 0 saturated carbocycles. The molecule has 4 rings (SSSR count). The topological polar surface area (TPSA) is 211 Å². The summed E-state index contributed by atoms with van der Waals surface area (Å²) in [6.07, 6.45) is 2.01. The zero-order chi connectivity index (χ0) is 41.5. The molecule has 56 heavy (non-hydrogen) atoms. The van der Waals surface area contributed by atoms with Gasteiger partial charge in [-0.15, -0.1) is 10.0 Å². The first-order chi connectivity index (χ1) is 26.2. The van der Waals surface area contributed by atoms with Crippen LogP contribution in [-0.2, 0) is 51.0 Å². The Kier molecular flexibility index (Phi) is 14.2. The SMILES string of the molecule is CO[C@H]1CC(N2C=C(C)C(=O)C(CCCc3cn(C(C(=O)N(Cc4cc(N=O)ccn4)C(=O)OC(C)(C)C)C(C)C)nn3)C2=O)OC1COC(=O)OC(C)(C)C. The van der Waals surface area contributed by atoms with Crippen LogP contribution in [-0.4, -0.2) is 103 Å². The monoisotopic (exact) mass is 783 g/mol. The van der Waals surface area contributed by atoms with Gasteiger partial charge in [0.05, 0.1) is 24.0 Å². The lowest BCUT2D eigenvalue weighted by atomic mass is 9.89. The molecular formula is C38H53N7O11. The summed E-state index contributed by atoms with van der Waals surface area (Å²) in [5.74, 6) is -2.66. The number of aryl methyl sites for hydroxylation is 1. The number of carbonyl (C=O) groups is 5. The molecule has 2 aromatic heterocycles. The summed E-state index contributed by atoms with van der Waals surface area (Å²) in [4.78, 5) is 84.3. The van der Waals surface area contributed by atoms with Gasteiger partial charge in [-0.05, 0) is 91.0 Å². The molecule has 0 spiro atoms. The summed E-state index contributed by atoms with van der Waals surface area (Å²) in [5.41, 5.74) is -0.402. The van der Waals surface area contributed by atoms with Crippen molar-refractivity contribution in [2.75, 3.05) is 13.7 Å². The predicted molar refractivity (Wildman–Crippen MR) is 199 cm³/mol. The normalized spacial score (nSPS) is 20.8. The first-order valence-electron chi connectivity index (χ1n) is 18.5. The van der Waals surface area contributed by atoms with Gasteiger partial charge in [-0.25, -0.2) is 19.2 Å². The molecule has 1 saturated heterocycles. The molecule has 18 nitrogen and oxygen atoms in total. The van der Waals surface area contributed by atoms with Crippen molar-refractivity contribution in [3.05, 3.63) is 52.6 Å². The van der Waals surface area contributed by atoms with Gasteiger partial charge in [-0.3, -0.25) is 24.3 Å². The maximum atomic E-state index is 14.1. The van der Waals surface area contributed by atoms with Gasteiger partial charge < -0.3 is 23.7 Å². The molecule has 2 aromatic rings. The minimum Gasteiger partial charge on any atom is -0.443 e. The highest BCUT2D eigenvalue weighted by molar-refractivity contribution is 6.12. The molecule has 0 N–H and O–H groups in total. The standard InChI is InChI=1S/C38H53N7O11/c1-22(2)31(34(48)44(35(49)55-37(4,5)6)19-26-16-24(41-51)14-15-39-26)45-20-25(40-42-45)12-11-13-27-32(46)23(3)18-43(33(27)47)30-17-28(52-10)29(54-30)21-53-36(50)56-38(7,8)9/h14-16,18,20,22,27-31H,11-13,17,19,21H2,1-10H3/t27?,28-,29?,30?,31?/m0/s1. The van der Waals surface area contributed by atoms with E-state index in [0.29, 0.717) is 30.5 Å². The second-order valence-corrected chi connectivity index (χ2v) is 16.2. The number of amides is 3.